The van der Waals surface area contributed by atoms with Gasteiger partial charge in [0, 0.05) is 19.3 Å². The summed E-state index contributed by atoms with van der Waals surface area (Å²) in [6.07, 6.45) is -5.14. The van der Waals surface area contributed by atoms with Gasteiger partial charge in [-0.1, -0.05) is 109 Å². The van der Waals surface area contributed by atoms with Crippen LogP contribution in [0.15, 0.2) is 109 Å². The molecule has 47 heavy (non-hydrogen) atoms. The minimum Gasteiger partial charge on any atom is -0.390 e. The van der Waals surface area contributed by atoms with Gasteiger partial charge in [-0.25, -0.2) is 0 Å². The fraction of sp³-hybridized carbons (Fsp3) is 0.316. The number of rotatable bonds is 13. The quantitative estimate of drug-likeness (QED) is 0.152. The van der Waals surface area contributed by atoms with Crippen LogP contribution in [0.2, 0.25) is 0 Å². The lowest BCUT2D eigenvalue weighted by molar-refractivity contribution is -0.150. The Balaban J connectivity index is 1.22. The van der Waals surface area contributed by atoms with E-state index in [-0.39, 0.29) is 19.6 Å². The van der Waals surface area contributed by atoms with Crippen molar-refractivity contribution in [3.8, 4) is 0 Å². The van der Waals surface area contributed by atoms with E-state index in [1.54, 1.807) is 0 Å². The van der Waals surface area contributed by atoms with Crippen LogP contribution < -0.4 is 10.6 Å². The number of hydrogen-bond acceptors (Lipinski definition) is 7. The molecule has 0 saturated heterocycles. The van der Waals surface area contributed by atoms with E-state index in [0.29, 0.717) is 12.8 Å². The maximum atomic E-state index is 13.8. The van der Waals surface area contributed by atoms with Crippen molar-refractivity contribution >= 4 is 11.8 Å². The number of benzene rings is 4. The third-order valence-corrected chi connectivity index (χ3v) is 8.93. The Labute approximate surface area is 274 Å². The molecule has 0 aromatic heterocycles. The molecule has 2 aliphatic rings. The Hall–Kier alpha value is -4.38. The second-order valence-corrected chi connectivity index (χ2v) is 12.2. The van der Waals surface area contributed by atoms with Crippen LogP contribution in [0.4, 0.5) is 0 Å². The highest BCUT2D eigenvalue weighted by molar-refractivity contribution is 5.83. The summed E-state index contributed by atoms with van der Waals surface area (Å²) in [6, 6.07) is 32.3. The van der Waals surface area contributed by atoms with Crippen molar-refractivity contribution in [1.29, 1.82) is 0 Å². The molecule has 2 amide bonds. The molecule has 244 valence electrons. The standard InChI is InChI=1S/C38H40N2O7/c41-30-19-26-15-7-9-17-28(26)34(30)39-37(44)33(46-22-24-11-3-1-4-12-24)21-32(43)36(47-23-25-13-5-2-6-14-25)38(45)40-35-29-18-10-8-16-27(29)20-31(35)42/h1-18,30-36,41-43H,19-23H2,(H,39,44)(H,40,45)/t30-,31-,32+,33-,34+,35+,36-/m1/s1. The third kappa shape index (κ3) is 7.78. The van der Waals surface area contributed by atoms with E-state index in [1.807, 2.05) is 109 Å². The number of nitrogens with one attached hydrogen (secondary N) is 2. The number of aliphatic hydroxyl groups excluding tert-OH is 3. The molecule has 0 unspecified atom stereocenters. The topological polar surface area (TPSA) is 137 Å². The molecule has 0 aliphatic heterocycles. The molecule has 9 heteroatoms. The van der Waals surface area contributed by atoms with Gasteiger partial charge in [-0.05, 0) is 33.4 Å². The van der Waals surface area contributed by atoms with Crippen LogP contribution in [-0.2, 0) is 45.1 Å². The first-order valence-electron chi connectivity index (χ1n) is 16.0. The number of fused-ring (bicyclic) bond motifs is 2. The lowest BCUT2D eigenvalue weighted by atomic mass is 10.0. The molecule has 0 radical (unpaired) electrons. The lowest BCUT2D eigenvalue weighted by Crippen LogP contribution is -2.49. The summed E-state index contributed by atoms with van der Waals surface area (Å²) in [7, 11) is 0. The van der Waals surface area contributed by atoms with Crippen molar-refractivity contribution in [3.05, 3.63) is 143 Å². The normalized spacial score (nSPS) is 21.7. The fourth-order valence-corrected chi connectivity index (χ4v) is 6.46. The van der Waals surface area contributed by atoms with Gasteiger partial charge in [0.25, 0.3) is 5.91 Å². The van der Waals surface area contributed by atoms with Crippen molar-refractivity contribution in [3.63, 3.8) is 0 Å². The minimum absolute atomic E-state index is 0.0343. The van der Waals surface area contributed by atoms with Gasteiger partial charge in [-0.2, -0.15) is 0 Å². The second kappa shape index (κ2) is 15.0. The van der Waals surface area contributed by atoms with Crippen molar-refractivity contribution < 1.29 is 34.4 Å². The smallest absolute Gasteiger partial charge is 0.252 e. The summed E-state index contributed by atoms with van der Waals surface area (Å²) in [5, 5.41) is 39.0. The van der Waals surface area contributed by atoms with Crippen LogP contribution in [-0.4, -0.2) is 57.7 Å². The number of carbonyl (C=O) groups excluding carboxylic acids is 2. The molecule has 0 spiro atoms. The Kier molecular flexibility index (Phi) is 10.4. The van der Waals surface area contributed by atoms with Crippen LogP contribution in [0.1, 0.15) is 51.9 Å². The zero-order valence-corrected chi connectivity index (χ0v) is 25.9. The van der Waals surface area contributed by atoms with E-state index < -0.39 is 54.4 Å². The molecule has 0 bridgehead atoms. The van der Waals surface area contributed by atoms with Gasteiger partial charge >= 0.3 is 0 Å². The van der Waals surface area contributed by atoms with E-state index >= 15 is 0 Å². The molecule has 0 fully saturated rings. The van der Waals surface area contributed by atoms with Gasteiger partial charge < -0.3 is 35.4 Å². The average Bonchev–Trinajstić information content (AvgIpc) is 3.58. The predicted octanol–water partition coefficient (Wildman–Crippen LogP) is 3.46. The maximum Gasteiger partial charge on any atom is 0.252 e. The van der Waals surface area contributed by atoms with Gasteiger partial charge in [-0.15, -0.1) is 0 Å². The SMILES string of the molecule is O=C(N[C@H]1c2ccccc2C[C@H]1O)[C@@H](C[C@H](O)[C@@H](OCc1ccccc1)C(=O)N[C@H]1c2ccccc2C[C@H]1O)OCc1ccccc1. The number of hydrogen-bond donors (Lipinski definition) is 5. The van der Waals surface area contributed by atoms with Gasteiger partial charge in [0.05, 0.1) is 43.6 Å². The van der Waals surface area contributed by atoms with Gasteiger partial charge in [0.2, 0.25) is 5.91 Å². The number of aliphatic hydroxyl groups is 3. The summed E-state index contributed by atoms with van der Waals surface area (Å²) >= 11 is 0. The molecule has 7 atom stereocenters. The Morgan fingerprint density at radius 1 is 0.638 bits per heavy atom. The van der Waals surface area contributed by atoms with E-state index in [1.165, 1.54) is 0 Å². The van der Waals surface area contributed by atoms with E-state index in [2.05, 4.69) is 10.6 Å². The van der Waals surface area contributed by atoms with Gasteiger partial charge in [-0.3, -0.25) is 9.59 Å². The van der Waals surface area contributed by atoms with Gasteiger partial charge in [0.15, 0.2) is 6.10 Å². The molecular formula is C38H40N2O7. The second-order valence-electron chi connectivity index (χ2n) is 12.2. The van der Waals surface area contributed by atoms with Crippen molar-refractivity contribution in [2.75, 3.05) is 0 Å². The predicted molar refractivity (Wildman–Crippen MR) is 175 cm³/mol. The molecule has 4 aromatic rings. The van der Waals surface area contributed by atoms with Gasteiger partial charge in [0.1, 0.15) is 6.10 Å². The first-order chi connectivity index (χ1) is 22.9. The number of carbonyl (C=O) groups is 2. The summed E-state index contributed by atoms with van der Waals surface area (Å²) < 4.78 is 12.2. The zero-order valence-electron chi connectivity index (χ0n) is 25.9. The van der Waals surface area contributed by atoms with Crippen molar-refractivity contribution in [1.82, 2.24) is 10.6 Å². The first-order valence-corrected chi connectivity index (χ1v) is 16.0. The summed E-state index contributed by atoms with van der Waals surface area (Å²) in [4.78, 5) is 27.6. The Morgan fingerprint density at radius 2 is 1.09 bits per heavy atom. The molecule has 0 saturated carbocycles. The van der Waals surface area contributed by atoms with E-state index in [9.17, 15) is 24.9 Å². The van der Waals surface area contributed by atoms with E-state index in [4.69, 9.17) is 9.47 Å². The monoisotopic (exact) mass is 636 g/mol. The highest BCUT2D eigenvalue weighted by Crippen LogP contribution is 2.33. The van der Waals surface area contributed by atoms with Crippen LogP contribution in [0.5, 0.6) is 0 Å². The minimum atomic E-state index is -1.46. The highest BCUT2D eigenvalue weighted by atomic mass is 16.5. The third-order valence-electron chi connectivity index (χ3n) is 8.93. The van der Waals surface area contributed by atoms with Crippen LogP contribution >= 0.6 is 0 Å². The molecule has 9 nitrogen and oxygen atoms in total. The number of amides is 2. The molecule has 4 aromatic carbocycles. The fourth-order valence-electron chi connectivity index (χ4n) is 6.46. The van der Waals surface area contributed by atoms with Crippen LogP contribution in [0.25, 0.3) is 0 Å². The maximum absolute atomic E-state index is 13.8. The summed E-state index contributed by atoms with van der Waals surface area (Å²) in [6.45, 7) is 0.120. The highest BCUT2D eigenvalue weighted by Gasteiger charge is 2.39. The molecule has 2 aliphatic carbocycles. The van der Waals surface area contributed by atoms with Crippen LogP contribution in [0.3, 0.4) is 0 Å². The molecule has 0 heterocycles. The largest absolute Gasteiger partial charge is 0.390 e. The first kappa shape index (κ1) is 32.6. The molecular weight excluding hydrogens is 596 g/mol. The summed E-state index contributed by atoms with van der Waals surface area (Å²) in [5.74, 6) is -1.14. The van der Waals surface area contributed by atoms with Crippen LogP contribution in [0, 0.1) is 0 Å². The lowest BCUT2D eigenvalue weighted by Gasteiger charge is -2.29. The summed E-state index contributed by atoms with van der Waals surface area (Å²) in [5.41, 5.74) is 5.16. The average molecular weight is 637 g/mol. The Bertz CT molecular complexity index is 1650. The number of ether oxygens (including phenoxy) is 2. The van der Waals surface area contributed by atoms with Crippen molar-refractivity contribution in [2.24, 2.45) is 0 Å². The Morgan fingerprint density at radius 3 is 1.62 bits per heavy atom. The van der Waals surface area contributed by atoms with Crippen molar-refractivity contribution in [2.45, 2.75) is 75.1 Å². The molecule has 5 N–H and O–H groups in total. The van der Waals surface area contributed by atoms with E-state index in [0.717, 1.165) is 33.4 Å². The zero-order chi connectivity index (χ0) is 32.8. The molecule has 6 rings (SSSR count).